The third-order valence-corrected chi connectivity index (χ3v) is 7.81. The third kappa shape index (κ3) is 3.93. The van der Waals surface area contributed by atoms with Gasteiger partial charge in [0.05, 0.1) is 10.0 Å². The van der Waals surface area contributed by atoms with Crippen LogP contribution < -0.4 is 5.32 Å². The molecular weight excluding hydrogens is 464 g/mol. The van der Waals surface area contributed by atoms with E-state index in [1.54, 1.807) is 13.8 Å². The van der Waals surface area contributed by atoms with Crippen molar-refractivity contribution >= 4 is 39.0 Å². The number of nitrogens with one attached hydrogen (secondary N) is 1. The van der Waals surface area contributed by atoms with Crippen LogP contribution in [0.25, 0.3) is 0 Å². The summed E-state index contributed by atoms with van der Waals surface area (Å²) in [5.41, 5.74) is -0.586. The second-order valence-electron chi connectivity index (χ2n) is 6.64. The SMILES string of the molecule is CCN(CC)S(=O)(=O)C1=C(C)Nc2cc(C(F)(F)F)nn2C1c1ccc(Cl)c(Cl)c1. The van der Waals surface area contributed by atoms with Gasteiger partial charge in [0.25, 0.3) is 0 Å². The molecule has 0 aliphatic carbocycles. The average Bonchev–Trinajstić information content (AvgIpc) is 3.07. The van der Waals surface area contributed by atoms with Crippen molar-refractivity contribution in [3.05, 3.63) is 56.2 Å². The first-order chi connectivity index (χ1) is 13.9. The first-order valence-electron chi connectivity index (χ1n) is 9.01. The molecule has 0 amide bonds. The number of halogens is 5. The zero-order valence-electron chi connectivity index (χ0n) is 16.3. The van der Waals surface area contributed by atoms with Gasteiger partial charge in [0, 0.05) is 24.9 Å². The fraction of sp³-hybridized carbons (Fsp3) is 0.389. The predicted octanol–water partition coefficient (Wildman–Crippen LogP) is 5.13. The van der Waals surface area contributed by atoms with E-state index < -0.39 is 27.9 Å². The molecule has 0 fully saturated rings. The summed E-state index contributed by atoms with van der Waals surface area (Å²) in [5.74, 6) is 0.0226. The molecule has 3 rings (SSSR count). The smallest absolute Gasteiger partial charge is 0.343 e. The maximum atomic E-state index is 13.4. The number of anilines is 1. The van der Waals surface area contributed by atoms with Gasteiger partial charge >= 0.3 is 6.18 Å². The van der Waals surface area contributed by atoms with Crippen LogP contribution in [0.4, 0.5) is 19.0 Å². The number of nitrogens with zero attached hydrogens (tertiary/aromatic N) is 3. The Kier molecular flexibility index (Phi) is 6.16. The molecule has 164 valence electrons. The number of benzene rings is 1. The lowest BCUT2D eigenvalue weighted by atomic mass is 10.0. The lowest BCUT2D eigenvalue weighted by Gasteiger charge is -2.32. The van der Waals surface area contributed by atoms with E-state index >= 15 is 0 Å². The van der Waals surface area contributed by atoms with Gasteiger partial charge in [-0.1, -0.05) is 43.1 Å². The summed E-state index contributed by atoms with van der Waals surface area (Å²) in [6.07, 6.45) is -4.69. The van der Waals surface area contributed by atoms with E-state index in [9.17, 15) is 21.6 Å². The predicted molar refractivity (Wildman–Crippen MR) is 110 cm³/mol. The zero-order valence-corrected chi connectivity index (χ0v) is 18.6. The van der Waals surface area contributed by atoms with Crippen LogP contribution in [0.3, 0.4) is 0 Å². The highest BCUT2D eigenvalue weighted by atomic mass is 35.5. The molecule has 30 heavy (non-hydrogen) atoms. The molecular formula is C18H19Cl2F3N4O2S. The molecule has 0 radical (unpaired) electrons. The Balaban J connectivity index is 2.30. The molecule has 1 aromatic heterocycles. The lowest BCUT2D eigenvalue weighted by Crippen LogP contribution is -2.38. The highest BCUT2D eigenvalue weighted by Gasteiger charge is 2.42. The molecule has 0 spiro atoms. The fourth-order valence-corrected chi connectivity index (χ4v) is 5.63. The monoisotopic (exact) mass is 482 g/mol. The van der Waals surface area contributed by atoms with Crippen LogP contribution in [-0.4, -0.2) is 35.6 Å². The number of alkyl halides is 3. The maximum absolute atomic E-state index is 13.4. The van der Waals surface area contributed by atoms with Gasteiger partial charge in [-0.05, 0) is 24.6 Å². The molecule has 1 aliphatic heterocycles. The largest absolute Gasteiger partial charge is 0.435 e. The van der Waals surface area contributed by atoms with Crippen molar-refractivity contribution in [3.8, 4) is 0 Å². The first kappa shape index (κ1) is 22.9. The van der Waals surface area contributed by atoms with Crippen LogP contribution in [0.15, 0.2) is 34.9 Å². The Morgan fingerprint density at radius 3 is 2.33 bits per heavy atom. The van der Waals surface area contributed by atoms with Crippen molar-refractivity contribution in [1.82, 2.24) is 14.1 Å². The van der Waals surface area contributed by atoms with Gasteiger partial charge in [0.1, 0.15) is 16.8 Å². The van der Waals surface area contributed by atoms with Gasteiger partial charge < -0.3 is 5.32 Å². The van der Waals surface area contributed by atoms with Gasteiger partial charge in [-0.3, -0.25) is 0 Å². The second kappa shape index (κ2) is 8.07. The highest BCUT2D eigenvalue weighted by molar-refractivity contribution is 7.93. The van der Waals surface area contributed by atoms with Crippen LogP contribution in [0.1, 0.15) is 38.1 Å². The van der Waals surface area contributed by atoms with Crippen molar-refractivity contribution in [2.45, 2.75) is 33.0 Å². The Hall–Kier alpha value is -1.75. The summed E-state index contributed by atoms with van der Waals surface area (Å²) in [4.78, 5) is -0.103. The molecule has 12 heteroatoms. The van der Waals surface area contributed by atoms with Gasteiger partial charge in [-0.25, -0.2) is 13.1 Å². The van der Waals surface area contributed by atoms with E-state index in [1.165, 1.54) is 29.4 Å². The minimum absolute atomic E-state index is 0.0226. The minimum atomic E-state index is -4.69. The normalized spacial score (nSPS) is 17.3. The van der Waals surface area contributed by atoms with E-state index in [2.05, 4.69) is 10.4 Å². The Labute approximate surface area is 182 Å². The number of hydrogen-bond acceptors (Lipinski definition) is 4. The molecule has 2 aromatic rings. The number of allylic oxidation sites excluding steroid dienone is 2. The number of aromatic nitrogens is 2. The molecule has 0 saturated carbocycles. The highest BCUT2D eigenvalue weighted by Crippen LogP contribution is 2.42. The summed E-state index contributed by atoms with van der Waals surface area (Å²) >= 11 is 12.1. The summed E-state index contributed by atoms with van der Waals surface area (Å²) in [6.45, 7) is 5.27. The van der Waals surface area contributed by atoms with Crippen molar-refractivity contribution in [2.24, 2.45) is 0 Å². The van der Waals surface area contributed by atoms with Crippen LogP contribution in [-0.2, 0) is 16.2 Å². The average molecular weight is 483 g/mol. The Bertz CT molecular complexity index is 1110. The molecule has 1 unspecified atom stereocenters. The van der Waals surface area contributed by atoms with Crippen LogP contribution >= 0.6 is 23.2 Å². The van der Waals surface area contributed by atoms with E-state index in [0.29, 0.717) is 5.56 Å². The zero-order chi connectivity index (χ0) is 22.4. The molecule has 1 aromatic carbocycles. The molecule has 1 N–H and O–H groups in total. The van der Waals surface area contributed by atoms with Crippen LogP contribution in [0.5, 0.6) is 0 Å². The maximum Gasteiger partial charge on any atom is 0.435 e. The fourth-order valence-electron chi connectivity index (χ4n) is 3.41. The molecule has 2 heterocycles. The summed E-state index contributed by atoms with van der Waals surface area (Å²) in [5, 5.41) is 6.81. The van der Waals surface area contributed by atoms with Crippen LogP contribution in [0, 0.1) is 0 Å². The Morgan fingerprint density at radius 1 is 1.17 bits per heavy atom. The third-order valence-electron chi connectivity index (χ3n) is 4.79. The molecule has 0 bridgehead atoms. The van der Waals surface area contributed by atoms with E-state index in [4.69, 9.17) is 23.2 Å². The van der Waals surface area contributed by atoms with Crippen molar-refractivity contribution in [2.75, 3.05) is 18.4 Å². The summed E-state index contributed by atoms with van der Waals surface area (Å²) < 4.78 is 69.0. The van der Waals surface area contributed by atoms with E-state index in [1.807, 2.05) is 0 Å². The molecule has 1 aliphatic rings. The first-order valence-corrected chi connectivity index (χ1v) is 11.2. The second-order valence-corrected chi connectivity index (χ2v) is 9.36. The topological polar surface area (TPSA) is 67.2 Å². The molecule has 0 saturated heterocycles. The van der Waals surface area contributed by atoms with Crippen molar-refractivity contribution in [1.29, 1.82) is 0 Å². The van der Waals surface area contributed by atoms with Gasteiger partial charge in [-0.15, -0.1) is 0 Å². The summed E-state index contributed by atoms with van der Waals surface area (Å²) in [6, 6.07) is 4.11. The minimum Gasteiger partial charge on any atom is -0.343 e. The quantitative estimate of drug-likeness (QED) is 0.641. The van der Waals surface area contributed by atoms with Gasteiger partial charge in [0.15, 0.2) is 5.69 Å². The van der Waals surface area contributed by atoms with Gasteiger partial charge in [0.2, 0.25) is 10.0 Å². The molecule has 6 nitrogen and oxygen atoms in total. The van der Waals surface area contributed by atoms with E-state index in [0.717, 1.165) is 10.7 Å². The van der Waals surface area contributed by atoms with Crippen molar-refractivity contribution < 1.29 is 21.6 Å². The van der Waals surface area contributed by atoms with Crippen LogP contribution in [0.2, 0.25) is 10.0 Å². The number of fused-ring (bicyclic) bond motifs is 1. The number of rotatable bonds is 5. The Morgan fingerprint density at radius 2 is 1.80 bits per heavy atom. The van der Waals surface area contributed by atoms with Gasteiger partial charge in [-0.2, -0.15) is 22.6 Å². The van der Waals surface area contributed by atoms with Crippen molar-refractivity contribution in [3.63, 3.8) is 0 Å². The summed E-state index contributed by atoms with van der Waals surface area (Å²) in [7, 11) is -4.03. The lowest BCUT2D eigenvalue weighted by molar-refractivity contribution is -0.141. The number of sulfonamides is 1. The molecule has 1 atom stereocenters. The number of hydrogen-bond donors (Lipinski definition) is 1. The standard InChI is InChI=1S/C18H19Cl2F3N4O2S/c1-4-26(5-2)30(28,29)17-10(3)24-15-9-14(18(21,22)23)25-27(15)16(17)11-6-7-12(19)13(20)8-11/h6-9,16,24H,4-5H2,1-3H3. The van der Waals surface area contributed by atoms with E-state index in [-0.39, 0.29) is 39.6 Å².